The van der Waals surface area contributed by atoms with Gasteiger partial charge in [0, 0.05) is 22.7 Å². The zero-order chi connectivity index (χ0) is 20.2. The Hall–Kier alpha value is -2.96. The number of aromatic nitrogens is 2. The summed E-state index contributed by atoms with van der Waals surface area (Å²) in [6, 6.07) is 18.0. The van der Waals surface area contributed by atoms with E-state index in [-0.39, 0.29) is 0 Å². The normalized spacial score (nSPS) is 11.3. The number of anilines is 2. The molecule has 2 heterocycles. The van der Waals surface area contributed by atoms with Crippen LogP contribution in [-0.4, -0.2) is 33.1 Å². The zero-order valence-electron chi connectivity index (χ0n) is 16.6. The Bertz CT molecular complexity index is 1110. The van der Waals surface area contributed by atoms with E-state index < -0.39 is 0 Å². The molecule has 5 nitrogen and oxygen atoms in total. The first-order valence-electron chi connectivity index (χ1n) is 9.79. The SMILES string of the molecule is CCN(CC)Cc1cc(Nc2ncnc3cc(-c4ccccc4)sc23)ccc1O. The maximum Gasteiger partial charge on any atom is 0.151 e. The highest BCUT2D eigenvalue weighted by Gasteiger charge is 2.12. The summed E-state index contributed by atoms with van der Waals surface area (Å²) in [5.41, 5.74) is 3.90. The van der Waals surface area contributed by atoms with Gasteiger partial charge in [-0.2, -0.15) is 0 Å². The van der Waals surface area contributed by atoms with Crippen LogP contribution in [0.25, 0.3) is 20.7 Å². The van der Waals surface area contributed by atoms with Gasteiger partial charge >= 0.3 is 0 Å². The fourth-order valence-electron chi connectivity index (χ4n) is 3.30. The number of nitrogens with one attached hydrogen (secondary N) is 1. The molecule has 0 spiro atoms. The minimum Gasteiger partial charge on any atom is -0.508 e. The van der Waals surface area contributed by atoms with Crippen LogP contribution in [0.1, 0.15) is 19.4 Å². The molecule has 4 rings (SSSR count). The first-order chi connectivity index (χ1) is 14.2. The lowest BCUT2D eigenvalue weighted by Gasteiger charge is -2.19. The summed E-state index contributed by atoms with van der Waals surface area (Å²) in [7, 11) is 0. The second-order valence-electron chi connectivity index (χ2n) is 6.84. The van der Waals surface area contributed by atoms with Crippen molar-refractivity contribution in [3.05, 3.63) is 66.5 Å². The zero-order valence-corrected chi connectivity index (χ0v) is 17.4. The van der Waals surface area contributed by atoms with Gasteiger partial charge in [-0.25, -0.2) is 9.97 Å². The summed E-state index contributed by atoms with van der Waals surface area (Å²) in [5.74, 6) is 1.10. The molecule has 0 aliphatic carbocycles. The Morgan fingerprint density at radius 3 is 2.55 bits per heavy atom. The molecule has 0 fully saturated rings. The average molecular weight is 405 g/mol. The molecule has 2 N–H and O–H groups in total. The van der Waals surface area contributed by atoms with E-state index in [0.717, 1.165) is 45.3 Å². The molecule has 0 unspecified atom stereocenters. The lowest BCUT2D eigenvalue weighted by Crippen LogP contribution is -2.22. The van der Waals surface area contributed by atoms with Crippen LogP contribution in [-0.2, 0) is 6.54 Å². The topological polar surface area (TPSA) is 61.3 Å². The number of rotatable bonds is 7. The summed E-state index contributed by atoms with van der Waals surface area (Å²) >= 11 is 1.68. The van der Waals surface area contributed by atoms with Gasteiger partial charge in [0.15, 0.2) is 5.82 Å². The fourth-order valence-corrected chi connectivity index (χ4v) is 4.36. The molecule has 0 aliphatic heterocycles. The minimum absolute atomic E-state index is 0.317. The molecule has 2 aromatic carbocycles. The second-order valence-corrected chi connectivity index (χ2v) is 7.90. The summed E-state index contributed by atoms with van der Waals surface area (Å²) in [6.45, 7) is 6.85. The lowest BCUT2D eigenvalue weighted by molar-refractivity contribution is 0.291. The number of benzene rings is 2. The molecule has 0 aliphatic rings. The Labute approximate surface area is 174 Å². The van der Waals surface area contributed by atoms with E-state index in [1.807, 2.05) is 30.3 Å². The fraction of sp³-hybridized carbons (Fsp3) is 0.217. The molecule has 29 heavy (non-hydrogen) atoms. The van der Waals surface area contributed by atoms with Crippen molar-refractivity contribution in [1.82, 2.24) is 14.9 Å². The summed E-state index contributed by atoms with van der Waals surface area (Å²) in [6.07, 6.45) is 1.59. The van der Waals surface area contributed by atoms with Gasteiger partial charge in [0.25, 0.3) is 0 Å². The van der Waals surface area contributed by atoms with Gasteiger partial charge in [-0.05, 0) is 42.9 Å². The van der Waals surface area contributed by atoms with Gasteiger partial charge in [-0.15, -0.1) is 11.3 Å². The first kappa shape index (κ1) is 19.4. The Balaban J connectivity index is 1.65. The van der Waals surface area contributed by atoms with Crippen molar-refractivity contribution < 1.29 is 5.11 Å². The van der Waals surface area contributed by atoms with Crippen LogP contribution >= 0.6 is 11.3 Å². The van der Waals surface area contributed by atoms with Crippen molar-refractivity contribution >= 4 is 33.1 Å². The van der Waals surface area contributed by atoms with Crippen LogP contribution in [0.15, 0.2) is 60.9 Å². The molecule has 0 saturated heterocycles. The predicted molar refractivity (Wildman–Crippen MR) is 121 cm³/mol. The molecule has 0 radical (unpaired) electrons. The molecule has 2 aromatic heterocycles. The molecule has 148 valence electrons. The number of nitrogens with zero attached hydrogens (tertiary/aromatic N) is 3. The van der Waals surface area contributed by atoms with Crippen molar-refractivity contribution in [2.75, 3.05) is 18.4 Å². The van der Waals surface area contributed by atoms with Crippen LogP contribution in [0.3, 0.4) is 0 Å². The van der Waals surface area contributed by atoms with Crippen LogP contribution < -0.4 is 5.32 Å². The third kappa shape index (κ3) is 4.23. The first-order valence-corrected chi connectivity index (χ1v) is 10.6. The molecule has 0 bridgehead atoms. The molecular weight excluding hydrogens is 380 g/mol. The van der Waals surface area contributed by atoms with Crippen LogP contribution in [0.2, 0.25) is 0 Å². The molecule has 6 heteroatoms. The van der Waals surface area contributed by atoms with E-state index in [2.05, 4.69) is 52.2 Å². The molecular formula is C23H24N4OS. The monoisotopic (exact) mass is 404 g/mol. The van der Waals surface area contributed by atoms with Gasteiger partial charge in [0.2, 0.25) is 0 Å². The van der Waals surface area contributed by atoms with Crippen molar-refractivity contribution in [2.45, 2.75) is 20.4 Å². The molecule has 0 amide bonds. The van der Waals surface area contributed by atoms with Crippen LogP contribution in [0.4, 0.5) is 11.5 Å². The third-order valence-electron chi connectivity index (χ3n) is 5.00. The predicted octanol–water partition coefficient (Wildman–Crippen LogP) is 5.65. The number of phenolic OH excluding ortho intramolecular Hbond substituents is 1. The number of phenols is 1. The van der Waals surface area contributed by atoms with E-state index in [1.54, 1.807) is 23.7 Å². The van der Waals surface area contributed by atoms with Crippen LogP contribution in [0, 0.1) is 0 Å². The Morgan fingerprint density at radius 2 is 1.79 bits per heavy atom. The maximum absolute atomic E-state index is 10.3. The highest BCUT2D eigenvalue weighted by molar-refractivity contribution is 7.22. The summed E-state index contributed by atoms with van der Waals surface area (Å²) in [4.78, 5) is 12.3. The van der Waals surface area contributed by atoms with Gasteiger partial charge in [-0.3, -0.25) is 4.90 Å². The number of hydrogen-bond acceptors (Lipinski definition) is 6. The van der Waals surface area contributed by atoms with Crippen molar-refractivity contribution in [1.29, 1.82) is 0 Å². The van der Waals surface area contributed by atoms with Gasteiger partial charge < -0.3 is 10.4 Å². The second kappa shape index (κ2) is 8.59. The van der Waals surface area contributed by atoms with Gasteiger partial charge in [0.05, 0.1) is 10.2 Å². The number of thiophene rings is 1. The van der Waals surface area contributed by atoms with E-state index >= 15 is 0 Å². The average Bonchev–Trinajstić information content (AvgIpc) is 3.20. The Kier molecular flexibility index (Phi) is 5.74. The van der Waals surface area contributed by atoms with Crippen molar-refractivity contribution in [3.8, 4) is 16.2 Å². The van der Waals surface area contributed by atoms with E-state index in [9.17, 15) is 5.11 Å². The largest absolute Gasteiger partial charge is 0.508 e. The van der Waals surface area contributed by atoms with Crippen molar-refractivity contribution in [2.24, 2.45) is 0 Å². The lowest BCUT2D eigenvalue weighted by atomic mass is 10.1. The molecule has 0 atom stereocenters. The summed E-state index contributed by atoms with van der Waals surface area (Å²) < 4.78 is 1.02. The minimum atomic E-state index is 0.317. The highest BCUT2D eigenvalue weighted by atomic mass is 32.1. The highest BCUT2D eigenvalue weighted by Crippen LogP contribution is 2.36. The van der Waals surface area contributed by atoms with Gasteiger partial charge in [-0.1, -0.05) is 44.2 Å². The number of aromatic hydroxyl groups is 1. The quantitative estimate of drug-likeness (QED) is 0.390. The van der Waals surface area contributed by atoms with Crippen LogP contribution in [0.5, 0.6) is 5.75 Å². The molecule has 0 saturated carbocycles. The summed E-state index contributed by atoms with van der Waals surface area (Å²) in [5, 5.41) is 13.7. The Morgan fingerprint density at radius 1 is 1.00 bits per heavy atom. The van der Waals surface area contributed by atoms with E-state index in [0.29, 0.717) is 12.3 Å². The number of hydrogen-bond donors (Lipinski definition) is 2. The standard InChI is InChI=1S/C23H24N4OS/c1-3-27(4-2)14-17-12-18(10-11-20(17)28)26-23-22-19(24-15-25-23)13-21(29-22)16-8-6-5-7-9-16/h5-13,15,28H,3-4,14H2,1-2H3,(H,24,25,26). The molecule has 4 aromatic rings. The smallest absolute Gasteiger partial charge is 0.151 e. The number of fused-ring (bicyclic) bond motifs is 1. The van der Waals surface area contributed by atoms with Crippen molar-refractivity contribution in [3.63, 3.8) is 0 Å². The van der Waals surface area contributed by atoms with E-state index in [1.165, 1.54) is 5.56 Å². The maximum atomic E-state index is 10.3. The van der Waals surface area contributed by atoms with E-state index in [4.69, 9.17) is 0 Å². The third-order valence-corrected chi connectivity index (χ3v) is 6.18. The van der Waals surface area contributed by atoms with Gasteiger partial charge in [0.1, 0.15) is 12.1 Å².